The van der Waals surface area contributed by atoms with Gasteiger partial charge in [0.1, 0.15) is 29.0 Å². The summed E-state index contributed by atoms with van der Waals surface area (Å²) in [4.78, 5) is 8.77. The van der Waals surface area contributed by atoms with E-state index in [1.807, 2.05) is 30.3 Å². The zero-order valence-electron chi connectivity index (χ0n) is 11.1. The van der Waals surface area contributed by atoms with Crippen LogP contribution in [0, 0.1) is 18.3 Å². The number of rotatable bonds is 1. The van der Waals surface area contributed by atoms with E-state index in [2.05, 4.69) is 9.97 Å². The SMILES string of the molecule is Cc1nc(C2CCOc3ccccc32)nc(N)c1C#N. The minimum absolute atomic E-state index is 0.0636. The van der Waals surface area contributed by atoms with Crippen molar-refractivity contribution in [1.82, 2.24) is 9.97 Å². The molecule has 5 nitrogen and oxygen atoms in total. The molecule has 2 heterocycles. The molecule has 3 rings (SSSR count). The van der Waals surface area contributed by atoms with E-state index in [0.717, 1.165) is 17.7 Å². The number of ether oxygens (including phenoxy) is 1. The Morgan fingerprint density at radius 2 is 2.15 bits per heavy atom. The molecule has 1 aromatic heterocycles. The second-order valence-electron chi connectivity index (χ2n) is 4.77. The Labute approximate surface area is 117 Å². The third kappa shape index (κ3) is 1.95. The van der Waals surface area contributed by atoms with Crippen LogP contribution in [0.3, 0.4) is 0 Å². The first kappa shape index (κ1) is 12.4. The van der Waals surface area contributed by atoms with Crippen LogP contribution in [0.15, 0.2) is 24.3 Å². The van der Waals surface area contributed by atoms with E-state index in [9.17, 15) is 0 Å². The maximum Gasteiger partial charge on any atom is 0.145 e. The number of hydrogen-bond acceptors (Lipinski definition) is 5. The third-order valence-corrected chi connectivity index (χ3v) is 3.52. The maximum absolute atomic E-state index is 9.03. The first-order valence-electron chi connectivity index (χ1n) is 6.46. The largest absolute Gasteiger partial charge is 0.493 e. The average Bonchev–Trinajstić information content (AvgIpc) is 2.46. The summed E-state index contributed by atoms with van der Waals surface area (Å²) < 4.78 is 5.64. The number of benzene rings is 1. The van der Waals surface area contributed by atoms with Gasteiger partial charge in [0.2, 0.25) is 0 Å². The Kier molecular flexibility index (Phi) is 2.99. The molecule has 1 aliphatic rings. The highest BCUT2D eigenvalue weighted by Gasteiger charge is 2.26. The Bertz CT molecular complexity index is 682. The number of nitrogens with zero attached hydrogens (tertiary/aromatic N) is 3. The van der Waals surface area contributed by atoms with E-state index >= 15 is 0 Å². The number of hydrogen-bond donors (Lipinski definition) is 1. The summed E-state index contributed by atoms with van der Waals surface area (Å²) in [6.45, 7) is 2.41. The number of nitrogens with two attached hydrogens (primary N) is 1. The molecule has 20 heavy (non-hydrogen) atoms. The first-order valence-corrected chi connectivity index (χ1v) is 6.46. The quantitative estimate of drug-likeness (QED) is 0.854. The van der Waals surface area contributed by atoms with Crippen LogP contribution < -0.4 is 10.5 Å². The Hall–Kier alpha value is -2.61. The number of anilines is 1. The highest BCUT2D eigenvalue weighted by atomic mass is 16.5. The third-order valence-electron chi connectivity index (χ3n) is 3.52. The lowest BCUT2D eigenvalue weighted by atomic mass is 9.92. The van der Waals surface area contributed by atoms with Crippen molar-refractivity contribution < 1.29 is 4.74 Å². The minimum Gasteiger partial charge on any atom is -0.493 e. The number of nitriles is 1. The summed E-state index contributed by atoms with van der Waals surface area (Å²) in [5, 5.41) is 9.03. The van der Waals surface area contributed by atoms with Crippen LogP contribution in [-0.4, -0.2) is 16.6 Å². The molecular weight excluding hydrogens is 252 g/mol. The van der Waals surface area contributed by atoms with Crippen LogP contribution in [0.5, 0.6) is 5.75 Å². The van der Waals surface area contributed by atoms with Gasteiger partial charge < -0.3 is 10.5 Å². The van der Waals surface area contributed by atoms with Crippen molar-refractivity contribution in [3.8, 4) is 11.8 Å². The maximum atomic E-state index is 9.03. The minimum atomic E-state index is 0.0636. The van der Waals surface area contributed by atoms with E-state index in [4.69, 9.17) is 15.7 Å². The monoisotopic (exact) mass is 266 g/mol. The molecule has 1 aromatic carbocycles. The van der Waals surface area contributed by atoms with Crippen molar-refractivity contribution in [1.29, 1.82) is 5.26 Å². The fourth-order valence-electron chi connectivity index (χ4n) is 2.52. The van der Waals surface area contributed by atoms with Gasteiger partial charge in [-0.2, -0.15) is 5.26 Å². The standard InChI is InChI=1S/C15H14N4O/c1-9-12(8-16)14(17)19-15(18-9)11-6-7-20-13-5-3-2-4-10(11)13/h2-5,11H,6-7H2,1H3,(H2,17,18,19). The van der Waals surface area contributed by atoms with Gasteiger partial charge in [-0.25, -0.2) is 9.97 Å². The number of aromatic nitrogens is 2. The smallest absolute Gasteiger partial charge is 0.145 e. The van der Waals surface area contributed by atoms with Crippen LogP contribution in [0.25, 0.3) is 0 Å². The molecule has 2 N–H and O–H groups in total. The molecular formula is C15H14N4O. The highest BCUT2D eigenvalue weighted by Crippen LogP contribution is 2.36. The molecule has 100 valence electrons. The first-order chi connectivity index (χ1) is 9.70. The van der Waals surface area contributed by atoms with Crippen LogP contribution in [-0.2, 0) is 0 Å². The fraction of sp³-hybridized carbons (Fsp3) is 0.267. The zero-order chi connectivity index (χ0) is 14.1. The predicted molar refractivity (Wildman–Crippen MR) is 74.3 cm³/mol. The zero-order valence-corrected chi connectivity index (χ0v) is 11.1. The van der Waals surface area contributed by atoms with Gasteiger partial charge in [0.05, 0.1) is 18.2 Å². The Morgan fingerprint density at radius 1 is 1.35 bits per heavy atom. The van der Waals surface area contributed by atoms with Gasteiger partial charge in [-0.05, 0) is 19.4 Å². The number of nitrogen functional groups attached to an aromatic ring is 1. The predicted octanol–water partition coefficient (Wildman–Crippen LogP) is 2.15. The summed E-state index contributed by atoms with van der Waals surface area (Å²) in [7, 11) is 0. The summed E-state index contributed by atoms with van der Waals surface area (Å²) in [5.74, 6) is 1.84. The van der Waals surface area contributed by atoms with Gasteiger partial charge >= 0.3 is 0 Å². The molecule has 0 saturated heterocycles. The number of para-hydroxylation sites is 1. The second-order valence-corrected chi connectivity index (χ2v) is 4.77. The van der Waals surface area contributed by atoms with Gasteiger partial charge in [-0.3, -0.25) is 0 Å². The summed E-state index contributed by atoms with van der Waals surface area (Å²) in [6.07, 6.45) is 0.807. The molecule has 5 heteroatoms. The Balaban J connectivity index is 2.10. The molecule has 1 atom stereocenters. The van der Waals surface area contributed by atoms with Gasteiger partial charge in [0.15, 0.2) is 0 Å². The molecule has 0 spiro atoms. The van der Waals surface area contributed by atoms with Gasteiger partial charge in [0.25, 0.3) is 0 Å². The van der Waals surface area contributed by atoms with Crippen molar-refractivity contribution in [2.45, 2.75) is 19.3 Å². The Morgan fingerprint density at radius 3 is 2.90 bits per heavy atom. The van der Waals surface area contributed by atoms with Crippen LogP contribution in [0.1, 0.15) is 35.0 Å². The lowest BCUT2D eigenvalue weighted by Crippen LogP contribution is -2.18. The molecule has 1 aliphatic heterocycles. The molecule has 0 saturated carbocycles. The average molecular weight is 266 g/mol. The van der Waals surface area contributed by atoms with E-state index in [-0.39, 0.29) is 11.7 Å². The van der Waals surface area contributed by atoms with Crippen LogP contribution in [0.2, 0.25) is 0 Å². The topological polar surface area (TPSA) is 84.8 Å². The number of aryl methyl sites for hydroxylation is 1. The van der Waals surface area contributed by atoms with E-state index in [0.29, 0.717) is 23.7 Å². The molecule has 2 aromatic rings. The summed E-state index contributed by atoms with van der Waals surface area (Å²) in [5.41, 5.74) is 7.91. The van der Waals surface area contributed by atoms with Crippen LogP contribution >= 0.6 is 0 Å². The lowest BCUT2D eigenvalue weighted by Gasteiger charge is -2.25. The molecule has 0 fully saturated rings. The van der Waals surface area contributed by atoms with Gasteiger partial charge in [-0.15, -0.1) is 0 Å². The van der Waals surface area contributed by atoms with Crippen LogP contribution in [0.4, 0.5) is 5.82 Å². The van der Waals surface area contributed by atoms with Gasteiger partial charge in [-0.1, -0.05) is 18.2 Å². The molecule has 0 aliphatic carbocycles. The van der Waals surface area contributed by atoms with E-state index < -0.39 is 0 Å². The lowest BCUT2D eigenvalue weighted by molar-refractivity contribution is 0.274. The van der Waals surface area contributed by atoms with E-state index in [1.165, 1.54) is 0 Å². The highest BCUT2D eigenvalue weighted by molar-refractivity contribution is 5.51. The normalized spacial score (nSPS) is 16.9. The van der Waals surface area contributed by atoms with Gasteiger partial charge in [0, 0.05) is 5.56 Å². The molecule has 1 unspecified atom stereocenters. The van der Waals surface area contributed by atoms with Crippen molar-refractivity contribution in [2.24, 2.45) is 0 Å². The molecule has 0 radical (unpaired) electrons. The van der Waals surface area contributed by atoms with Crippen molar-refractivity contribution in [3.05, 3.63) is 46.9 Å². The second kappa shape index (κ2) is 4.82. The van der Waals surface area contributed by atoms with Crippen molar-refractivity contribution in [3.63, 3.8) is 0 Å². The number of fused-ring (bicyclic) bond motifs is 1. The fourth-order valence-corrected chi connectivity index (χ4v) is 2.52. The summed E-state index contributed by atoms with van der Waals surface area (Å²) in [6, 6.07) is 9.92. The molecule has 0 amide bonds. The van der Waals surface area contributed by atoms with Crippen molar-refractivity contribution >= 4 is 5.82 Å². The van der Waals surface area contributed by atoms with E-state index in [1.54, 1.807) is 6.92 Å². The molecule has 0 bridgehead atoms. The van der Waals surface area contributed by atoms with Crippen molar-refractivity contribution in [2.75, 3.05) is 12.3 Å². The summed E-state index contributed by atoms with van der Waals surface area (Å²) >= 11 is 0.